The summed E-state index contributed by atoms with van der Waals surface area (Å²) >= 11 is 1.42. The topological polar surface area (TPSA) is 42.0 Å². The lowest BCUT2D eigenvalue weighted by molar-refractivity contribution is -0.136. The monoisotopic (exact) mass is 404 g/mol. The molecule has 0 aromatic carbocycles. The zero-order valence-corrected chi connectivity index (χ0v) is 16.0. The molecule has 0 aliphatic heterocycles. The van der Waals surface area contributed by atoms with Gasteiger partial charge in [-0.2, -0.15) is 0 Å². The Kier molecular flexibility index (Phi) is 6.03. The number of carbonyl (C=O) groups is 1. The van der Waals surface area contributed by atoms with E-state index in [1.807, 2.05) is 6.26 Å². The van der Waals surface area contributed by atoms with Crippen molar-refractivity contribution in [3.8, 4) is 0 Å². The summed E-state index contributed by atoms with van der Waals surface area (Å²) in [7, 11) is 0. The molecule has 150 valence electrons. The van der Waals surface area contributed by atoms with Gasteiger partial charge in [-0.25, -0.2) is 22.5 Å². The summed E-state index contributed by atoms with van der Waals surface area (Å²) in [5.74, 6) is -7.25. The van der Waals surface area contributed by atoms with E-state index < -0.39 is 30.1 Å². The van der Waals surface area contributed by atoms with Gasteiger partial charge >= 0.3 is 0 Å². The van der Waals surface area contributed by atoms with E-state index in [4.69, 9.17) is 0 Å². The first kappa shape index (κ1) is 20.4. The summed E-state index contributed by atoms with van der Waals surface area (Å²) in [6, 6.07) is 3.31. The van der Waals surface area contributed by atoms with Gasteiger partial charge in [-0.05, 0) is 49.5 Å². The maximum Gasteiger partial charge on any atom is 0.248 e. The van der Waals surface area contributed by atoms with Crippen LogP contribution in [0.25, 0.3) is 0 Å². The summed E-state index contributed by atoms with van der Waals surface area (Å²) in [6.45, 7) is 0. The molecular weight excluding hydrogens is 380 g/mol. The van der Waals surface area contributed by atoms with Crippen molar-refractivity contribution >= 4 is 23.4 Å². The number of thioether (sulfide) groups is 1. The van der Waals surface area contributed by atoms with Crippen molar-refractivity contribution in [3.63, 3.8) is 0 Å². The molecule has 0 radical (unpaired) electrons. The lowest BCUT2D eigenvalue weighted by Crippen LogP contribution is -2.43. The molecule has 2 atom stereocenters. The molecule has 2 fully saturated rings. The number of hydrogen-bond donors (Lipinski definition) is 1. The van der Waals surface area contributed by atoms with Gasteiger partial charge in [0.15, 0.2) is 0 Å². The summed E-state index contributed by atoms with van der Waals surface area (Å²) < 4.78 is 55.0. The number of halogens is 4. The number of nitrogens with zero attached hydrogens (tertiary/aromatic N) is 1. The highest BCUT2D eigenvalue weighted by molar-refractivity contribution is 7.98. The van der Waals surface area contributed by atoms with Crippen molar-refractivity contribution in [2.75, 3.05) is 11.6 Å². The zero-order valence-electron chi connectivity index (χ0n) is 15.2. The summed E-state index contributed by atoms with van der Waals surface area (Å²) in [5.41, 5.74) is 0.516. The van der Waals surface area contributed by atoms with Crippen LogP contribution in [-0.4, -0.2) is 29.0 Å². The molecule has 3 rings (SSSR count). The van der Waals surface area contributed by atoms with Crippen LogP contribution in [0.2, 0.25) is 0 Å². The van der Waals surface area contributed by atoms with E-state index in [0.29, 0.717) is 23.6 Å². The Morgan fingerprint density at radius 1 is 1.15 bits per heavy atom. The maximum atomic E-state index is 14.0. The number of alkyl halides is 4. The normalized spacial score (nSPS) is 27.9. The van der Waals surface area contributed by atoms with E-state index in [1.54, 1.807) is 18.3 Å². The van der Waals surface area contributed by atoms with Crippen LogP contribution >= 0.6 is 11.8 Å². The minimum absolute atomic E-state index is 0.101. The SMILES string of the molecule is CSc1cc(NC(=O)[C@@H]2CC(F)(F)CCC2C2CCC(F)(F)CC2)ccn1. The minimum Gasteiger partial charge on any atom is -0.326 e. The van der Waals surface area contributed by atoms with Gasteiger partial charge < -0.3 is 5.32 Å². The lowest BCUT2D eigenvalue weighted by Gasteiger charge is -2.42. The smallest absolute Gasteiger partial charge is 0.248 e. The first-order valence-corrected chi connectivity index (χ1v) is 10.5. The van der Waals surface area contributed by atoms with Gasteiger partial charge in [-0.15, -0.1) is 11.8 Å². The third-order valence-corrected chi connectivity index (χ3v) is 6.44. The number of amides is 1. The number of nitrogens with one attached hydrogen (secondary N) is 1. The fraction of sp³-hybridized carbons (Fsp3) is 0.684. The molecule has 8 heteroatoms. The molecule has 1 unspecified atom stereocenters. The summed E-state index contributed by atoms with van der Waals surface area (Å²) in [5, 5.41) is 3.45. The van der Waals surface area contributed by atoms with Gasteiger partial charge in [-0.1, -0.05) is 0 Å². The number of pyridine rings is 1. The van der Waals surface area contributed by atoms with E-state index in [1.165, 1.54) is 11.8 Å². The Balaban J connectivity index is 1.74. The maximum absolute atomic E-state index is 14.0. The predicted molar refractivity (Wildman–Crippen MR) is 97.3 cm³/mol. The molecule has 1 N–H and O–H groups in total. The molecule has 1 aromatic rings. The molecule has 2 aliphatic carbocycles. The molecule has 2 aliphatic rings. The third-order valence-electron chi connectivity index (χ3n) is 5.79. The Hall–Kier alpha value is -1.31. The molecular formula is C19H24F4N2OS. The van der Waals surface area contributed by atoms with Gasteiger partial charge in [-0.3, -0.25) is 4.79 Å². The summed E-state index contributed by atoms with van der Waals surface area (Å²) in [6.07, 6.45) is 2.95. The molecule has 0 bridgehead atoms. The second kappa shape index (κ2) is 7.97. The van der Waals surface area contributed by atoms with Gasteiger partial charge in [0.1, 0.15) is 0 Å². The molecule has 3 nitrogen and oxygen atoms in total. The molecule has 1 heterocycles. The highest BCUT2D eigenvalue weighted by Crippen LogP contribution is 2.49. The highest BCUT2D eigenvalue weighted by Gasteiger charge is 2.48. The van der Waals surface area contributed by atoms with Crippen LogP contribution in [0.1, 0.15) is 44.9 Å². The second-order valence-corrected chi connectivity index (χ2v) is 8.47. The Labute approximate surface area is 160 Å². The van der Waals surface area contributed by atoms with Crippen molar-refractivity contribution in [3.05, 3.63) is 18.3 Å². The van der Waals surface area contributed by atoms with Crippen LogP contribution < -0.4 is 5.32 Å². The van der Waals surface area contributed by atoms with Crippen LogP contribution in [0, 0.1) is 17.8 Å². The second-order valence-electron chi connectivity index (χ2n) is 7.64. The van der Waals surface area contributed by atoms with Gasteiger partial charge in [0.05, 0.1) is 5.03 Å². The van der Waals surface area contributed by atoms with Crippen LogP contribution in [0.5, 0.6) is 0 Å². The molecule has 27 heavy (non-hydrogen) atoms. The average molecular weight is 404 g/mol. The van der Waals surface area contributed by atoms with Crippen molar-refractivity contribution in [1.82, 2.24) is 4.98 Å². The number of rotatable bonds is 4. The van der Waals surface area contributed by atoms with Crippen LogP contribution in [0.15, 0.2) is 23.4 Å². The molecule has 1 aromatic heterocycles. The highest BCUT2D eigenvalue weighted by atomic mass is 32.2. The predicted octanol–water partition coefficient (Wildman–Crippen LogP) is 5.62. The van der Waals surface area contributed by atoms with Crippen molar-refractivity contribution in [2.24, 2.45) is 17.8 Å². The molecule has 2 saturated carbocycles. The largest absolute Gasteiger partial charge is 0.326 e. The first-order chi connectivity index (χ1) is 12.7. The fourth-order valence-corrected chi connectivity index (χ4v) is 4.74. The van der Waals surface area contributed by atoms with E-state index in [0.717, 1.165) is 0 Å². The third kappa shape index (κ3) is 5.15. The Morgan fingerprint density at radius 2 is 1.81 bits per heavy atom. The van der Waals surface area contributed by atoms with Gasteiger partial charge in [0.25, 0.3) is 0 Å². The van der Waals surface area contributed by atoms with E-state index in [-0.39, 0.29) is 37.5 Å². The Bertz CT molecular complexity index is 675. The number of carbonyl (C=O) groups excluding carboxylic acids is 1. The number of aromatic nitrogens is 1. The lowest BCUT2D eigenvalue weighted by atomic mass is 9.66. The van der Waals surface area contributed by atoms with E-state index in [9.17, 15) is 22.4 Å². The zero-order chi connectivity index (χ0) is 19.7. The molecule has 0 saturated heterocycles. The van der Waals surface area contributed by atoms with Gasteiger partial charge in [0, 0.05) is 43.5 Å². The summed E-state index contributed by atoms with van der Waals surface area (Å²) in [4.78, 5) is 16.9. The van der Waals surface area contributed by atoms with Crippen molar-refractivity contribution < 1.29 is 22.4 Å². The van der Waals surface area contributed by atoms with Gasteiger partial charge in [0.2, 0.25) is 17.8 Å². The van der Waals surface area contributed by atoms with Crippen molar-refractivity contribution in [1.29, 1.82) is 0 Å². The molecule has 0 spiro atoms. The molecule has 1 amide bonds. The minimum atomic E-state index is -2.89. The fourth-order valence-electron chi connectivity index (χ4n) is 4.33. The Morgan fingerprint density at radius 3 is 2.48 bits per heavy atom. The first-order valence-electron chi connectivity index (χ1n) is 9.26. The van der Waals surface area contributed by atoms with Crippen molar-refractivity contribution in [2.45, 2.75) is 61.8 Å². The van der Waals surface area contributed by atoms with Crippen LogP contribution in [0.3, 0.4) is 0 Å². The number of hydrogen-bond acceptors (Lipinski definition) is 3. The standard InChI is InChI=1S/C19H24F4N2OS/c1-27-16-10-13(5-9-24-16)25-17(26)15-11-19(22,23)8-4-14(15)12-2-6-18(20,21)7-3-12/h5,9-10,12,14-15H,2-4,6-8,11H2,1H3,(H,24,25,26)/t14?,15-/m1/s1. The van der Waals surface area contributed by atoms with Crippen LogP contribution in [0.4, 0.5) is 23.2 Å². The van der Waals surface area contributed by atoms with Crippen LogP contribution in [-0.2, 0) is 4.79 Å². The van der Waals surface area contributed by atoms with E-state index in [2.05, 4.69) is 10.3 Å². The quantitative estimate of drug-likeness (QED) is 0.523. The number of anilines is 1. The van der Waals surface area contributed by atoms with E-state index >= 15 is 0 Å². The average Bonchev–Trinajstić information content (AvgIpc) is 2.61.